The molecule has 0 aliphatic carbocycles. The second-order valence-corrected chi connectivity index (χ2v) is 3.75. The van der Waals surface area contributed by atoms with Crippen molar-refractivity contribution in [2.45, 2.75) is 6.42 Å². The highest BCUT2D eigenvalue weighted by atomic mass is 16.5. The number of ether oxygens (including phenoxy) is 2. The van der Waals surface area contributed by atoms with E-state index in [4.69, 9.17) is 4.74 Å². The molecule has 1 amide bonds. The summed E-state index contributed by atoms with van der Waals surface area (Å²) in [6.45, 7) is 0.282. The summed E-state index contributed by atoms with van der Waals surface area (Å²) in [6.07, 6.45) is 0.155. The average Bonchev–Trinajstić information content (AvgIpc) is 2.75. The van der Waals surface area contributed by atoms with E-state index in [0.29, 0.717) is 5.88 Å². The molecule has 0 saturated heterocycles. The number of methoxy groups -OCH3 is 2. The number of rotatable bonds is 5. The van der Waals surface area contributed by atoms with Crippen molar-refractivity contribution in [2.75, 3.05) is 27.8 Å². The van der Waals surface area contributed by atoms with Gasteiger partial charge in [0, 0.05) is 26.7 Å². The molecule has 0 radical (unpaired) electrons. The third-order valence-corrected chi connectivity index (χ3v) is 2.49. The van der Waals surface area contributed by atoms with Gasteiger partial charge in [-0.25, -0.2) is 4.68 Å². The monoisotopic (exact) mass is 255 g/mol. The van der Waals surface area contributed by atoms with Crippen molar-refractivity contribution in [2.24, 2.45) is 7.05 Å². The first-order valence-corrected chi connectivity index (χ1v) is 5.40. The number of aryl methyl sites for hydroxylation is 1. The number of hydrogen-bond acceptors (Lipinski definition) is 5. The van der Waals surface area contributed by atoms with Crippen LogP contribution >= 0.6 is 0 Å². The minimum Gasteiger partial charge on any atom is -0.481 e. The topological polar surface area (TPSA) is 73.7 Å². The standard InChI is InChI=1S/C11H17N3O4/c1-13(6-5-10(15)18-4)11(16)8-7-9(17-3)14(2)12-8/h7H,5-6H2,1-4H3. The lowest BCUT2D eigenvalue weighted by molar-refractivity contribution is -0.140. The zero-order valence-corrected chi connectivity index (χ0v) is 11.0. The number of hydrogen-bond donors (Lipinski definition) is 0. The van der Waals surface area contributed by atoms with Crippen LogP contribution in [0.4, 0.5) is 0 Å². The van der Waals surface area contributed by atoms with E-state index in [9.17, 15) is 9.59 Å². The van der Waals surface area contributed by atoms with E-state index in [1.807, 2.05) is 0 Å². The summed E-state index contributed by atoms with van der Waals surface area (Å²) in [5.74, 6) is -0.120. The zero-order valence-electron chi connectivity index (χ0n) is 11.0. The Kier molecular flexibility index (Phi) is 4.70. The van der Waals surface area contributed by atoms with Crippen LogP contribution in [0.5, 0.6) is 5.88 Å². The number of amides is 1. The van der Waals surface area contributed by atoms with Crippen LogP contribution in [0.25, 0.3) is 0 Å². The van der Waals surface area contributed by atoms with Crippen molar-refractivity contribution in [1.82, 2.24) is 14.7 Å². The van der Waals surface area contributed by atoms with Gasteiger partial charge in [-0.1, -0.05) is 0 Å². The van der Waals surface area contributed by atoms with Crippen molar-refractivity contribution in [3.63, 3.8) is 0 Å². The van der Waals surface area contributed by atoms with Gasteiger partial charge in [-0.05, 0) is 0 Å². The number of carbonyl (C=O) groups is 2. The van der Waals surface area contributed by atoms with Gasteiger partial charge in [0.25, 0.3) is 5.91 Å². The van der Waals surface area contributed by atoms with E-state index in [1.165, 1.54) is 23.8 Å². The fraction of sp³-hybridized carbons (Fsp3) is 0.545. The van der Waals surface area contributed by atoms with Crippen LogP contribution in [0.3, 0.4) is 0 Å². The largest absolute Gasteiger partial charge is 0.481 e. The average molecular weight is 255 g/mol. The van der Waals surface area contributed by atoms with Gasteiger partial charge in [-0.15, -0.1) is 0 Å². The maximum atomic E-state index is 12.0. The molecule has 1 rings (SSSR count). The van der Waals surface area contributed by atoms with Crippen molar-refractivity contribution < 1.29 is 19.1 Å². The summed E-state index contributed by atoms with van der Waals surface area (Å²) in [5, 5.41) is 4.03. The minimum absolute atomic E-state index is 0.155. The van der Waals surface area contributed by atoms with Crippen molar-refractivity contribution in [3.05, 3.63) is 11.8 Å². The fourth-order valence-corrected chi connectivity index (χ4v) is 1.40. The predicted octanol–water partition coefficient (Wildman–Crippen LogP) is 0.0638. The number of nitrogens with zero attached hydrogens (tertiary/aromatic N) is 3. The second-order valence-electron chi connectivity index (χ2n) is 3.75. The summed E-state index contributed by atoms with van der Waals surface area (Å²) in [5.41, 5.74) is 0.279. The number of carbonyl (C=O) groups excluding carboxylic acids is 2. The molecule has 0 aromatic carbocycles. The highest BCUT2D eigenvalue weighted by molar-refractivity contribution is 5.92. The molecule has 7 heteroatoms. The summed E-state index contributed by atoms with van der Waals surface area (Å²) < 4.78 is 11.0. The maximum Gasteiger partial charge on any atom is 0.307 e. The lowest BCUT2D eigenvalue weighted by atomic mass is 10.3. The van der Waals surface area contributed by atoms with E-state index in [1.54, 1.807) is 20.2 Å². The Morgan fingerprint density at radius 2 is 2.11 bits per heavy atom. The lowest BCUT2D eigenvalue weighted by Crippen LogP contribution is -2.29. The quantitative estimate of drug-likeness (QED) is 0.696. The molecule has 7 nitrogen and oxygen atoms in total. The van der Waals surface area contributed by atoms with Crippen LogP contribution in [0.15, 0.2) is 6.07 Å². The Hall–Kier alpha value is -2.05. The fourth-order valence-electron chi connectivity index (χ4n) is 1.40. The molecule has 100 valence electrons. The maximum absolute atomic E-state index is 12.0. The van der Waals surface area contributed by atoms with E-state index < -0.39 is 0 Å². The Balaban J connectivity index is 2.65. The molecule has 0 atom stereocenters. The summed E-state index contributed by atoms with van der Waals surface area (Å²) in [6, 6.07) is 1.55. The Morgan fingerprint density at radius 1 is 1.44 bits per heavy atom. The van der Waals surface area contributed by atoms with E-state index in [0.717, 1.165) is 0 Å². The van der Waals surface area contributed by atoms with Crippen molar-refractivity contribution in [3.8, 4) is 5.88 Å². The molecule has 0 unspecified atom stereocenters. The van der Waals surface area contributed by atoms with Crippen LogP contribution < -0.4 is 4.74 Å². The van der Waals surface area contributed by atoms with Crippen molar-refractivity contribution >= 4 is 11.9 Å². The Labute approximate surface area is 105 Å². The number of esters is 1. The zero-order chi connectivity index (χ0) is 13.7. The molecule has 1 aromatic heterocycles. The second kappa shape index (κ2) is 6.04. The SMILES string of the molecule is COC(=O)CCN(C)C(=O)c1cc(OC)n(C)n1. The minimum atomic E-state index is -0.353. The van der Waals surface area contributed by atoms with Gasteiger partial charge in [-0.2, -0.15) is 5.10 Å². The van der Waals surface area contributed by atoms with Crippen molar-refractivity contribution in [1.29, 1.82) is 0 Å². The van der Waals surface area contributed by atoms with Gasteiger partial charge in [0.2, 0.25) is 5.88 Å². The lowest BCUT2D eigenvalue weighted by Gasteiger charge is -2.14. The third kappa shape index (κ3) is 3.22. The van der Waals surface area contributed by atoms with Gasteiger partial charge in [-0.3, -0.25) is 9.59 Å². The van der Waals surface area contributed by atoms with E-state index in [-0.39, 0.29) is 30.5 Å². The summed E-state index contributed by atoms with van der Waals surface area (Å²) in [7, 11) is 6.11. The first-order chi connectivity index (χ1) is 8.49. The predicted molar refractivity (Wildman–Crippen MR) is 63.4 cm³/mol. The molecule has 0 fully saturated rings. The molecule has 0 saturated carbocycles. The van der Waals surface area contributed by atoms with Crippen LogP contribution in [0.1, 0.15) is 16.9 Å². The van der Waals surface area contributed by atoms with Crippen LogP contribution in [-0.4, -0.2) is 54.4 Å². The third-order valence-electron chi connectivity index (χ3n) is 2.49. The first kappa shape index (κ1) is 14.0. The molecular formula is C11H17N3O4. The molecule has 0 aliphatic rings. The molecule has 0 spiro atoms. The normalized spacial score (nSPS) is 10.0. The highest BCUT2D eigenvalue weighted by Gasteiger charge is 2.17. The van der Waals surface area contributed by atoms with Crippen LogP contribution in [0.2, 0.25) is 0 Å². The van der Waals surface area contributed by atoms with Gasteiger partial charge in [0.1, 0.15) is 0 Å². The highest BCUT2D eigenvalue weighted by Crippen LogP contribution is 2.12. The molecule has 0 aliphatic heterocycles. The van der Waals surface area contributed by atoms with Gasteiger partial charge in [0.05, 0.1) is 20.6 Å². The summed E-state index contributed by atoms with van der Waals surface area (Å²) >= 11 is 0. The Bertz CT molecular complexity index is 441. The first-order valence-electron chi connectivity index (χ1n) is 5.40. The Morgan fingerprint density at radius 3 is 2.61 bits per heavy atom. The van der Waals surface area contributed by atoms with Gasteiger partial charge < -0.3 is 14.4 Å². The molecule has 0 N–H and O–H groups in total. The number of aromatic nitrogens is 2. The molecule has 18 heavy (non-hydrogen) atoms. The van der Waals surface area contributed by atoms with Crippen LogP contribution in [0, 0.1) is 0 Å². The van der Waals surface area contributed by atoms with E-state index >= 15 is 0 Å². The smallest absolute Gasteiger partial charge is 0.307 e. The molecule has 1 heterocycles. The summed E-state index contributed by atoms with van der Waals surface area (Å²) in [4.78, 5) is 24.4. The van der Waals surface area contributed by atoms with Gasteiger partial charge >= 0.3 is 5.97 Å². The van der Waals surface area contributed by atoms with Crippen LogP contribution in [-0.2, 0) is 16.6 Å². The van der Waals surface area contributed by atoms with Gasteiger partial charge in [0.15, 0.2) is 5.69 Å². The molecule has 0 bridgehead atoms. The van der Waals surface area contributed by atoms with E-state index in [2.05, 4.69) is 9.84 Å². The molecule has 1 aromatic rings. The molecular weight excluding hydrogens is 238 g/mol.